The van der Waals surface area contributed by atoms with E-state index >= 15 is 0 Å². The summed E-state index contributed by atoms with van der Waals surface area (Å²) >= 11 is 0. The molecule has 3 heteroatoms. The average Bonchev–Trinajstić information content (AvgIpc) is 2.78. The maximum absolute atomic E-state index is 6.74. The molecule has 0 heterocycles. The van der Waals surface area contributed by atoms with Crippen LogP contribution in [0, 0.1) is 5.92 Å². The number of unbranched alkanes of at least 4 members (excludes halogenated alkanes) is 5. The van der Waals surface area contributed by atoms with Gasteiger partial charge in [-0.1, -0.05) is 120 Å². The van der Waals surface area contributed by atoms with Gasteiger partial charge in [0.25, 0.3) is 0 Å². The van der Waals surface area contributed by atoms with Crippen LogP contribution in [-0.4, -0.2) is 21.8 Å². The Morgan fingerprint density at radius 3 is 1.76 bits per heavy atom. The zero-order valence-electron chi connectivity index (χ0n) is 18.7. The van der Waals surface area contributed by atoms with Gasteiger partial charge in [-0.05, 0) is 29.1 Å². The van der Waals surface area contributed by atoms with E-state index in [-0.39, 0.29) is 0 Å². The quantitative estimate of drug-likeness (QED) is 0.261. The van der Waals surface area contributed by atoms with Gasteiger partial charge in [0.15, 0.2) is 0 Å². The first kappa shape index (κ1) is 23.9. The second-order valence-corrected chi connectivity index (χ2v) is 11.1. The molecule has 0 amide bonds. The molecule has 2 aromatic rings. The van der Waals surface area contributed by atoms with Gasteiger partial charge < -0.3 is 8.85 Å². The predicted octanol–water partition coefficient (Wildman–Crippen LogP) is 6.07. The number of benzene rings is 2. The first-order valence-electron chi connectivity index (χ1n) is 11.6. The Labute approximate surface area is 179 Å². The minimum atomic E-state index is -2.70. The molecular formula is C26H40O2Si. The summed E-state index contributed by atoms with van der Waals surface area (Å²) in [5.41, 5.74) is 0. The lowest BCUT2D eigenvalue weighted by molar-refractivity contribution is 0.178. The molecule has 1 unspecified atom stereocenters. The highest BCUT2D eigenvalue weighted by Crippen LogP contribution is 2.15. The van der Waals surface area contributed by atoms with Gasteiger partial charge in [-0.2, -0.15) is 0 Å². The van der Waals surface area contributed by atoms with E-state index in [0.29, 0.717) is 5.92 Å². The third-order valence-corrected chi connectivity index (χ3v) is 9.13. The summed E-state index contributed by atoms with van der Waals surface area (Å²) in [6.07, 6.45) is 9.87. The van der Waals surface area contributed by atoms with Crippen molar-refractivity contribution in [1.82, 2.24) is 0 Å². The first-order valence-corrected chi connectivity index (χ1v) is 13.4. The van der Waals surface area contributed by atoms with Crippen molar-refractivity contribution in [3.63, 3.8) is 0 Å². The van der Waals surface area contributed by atoms with E-state index in [0.717, 1.165) is 26.1 Å². The summed E-state index contributed by atoms with van der Waals surface area (Å²) in [6, 6.07) is 21.3. The number of hydrogen-bond donors (Lipinski definition) is 0. The normalized spacial score (nSPS) is 12.8. The van der Waals surface area contributed by atoms with Gasteiger partial charge >= 0.3 is 8.56 Å². The fourth-order valence-corrected chi connectivity index (χ4v) is 6.75. The lowest BCUT2D eigenvalue weighted by atomic mass is 10.1. The summed E-state index contributed by atoms with van der Waals surface area (Å²) in [4.78, 5) is 0. The van der Waals surface area contributed by atoms with E-state index in [1.54, 1.807) is 0 Å². The molecule has 0 saturated carbocycles. The van der Waals surface area contributed by atoms with Crippen molar-refractivity contribution in [3.8, 4) is 0 Å². The van der Waals surface area contributed by atoms with E-state index in [2.05, 4.69) is 81.4 Å². The molecule has 0 aliphatic rings. The molecule has 2 nitrogen and oxygen atoms in total. The Bertz CT molecular complexity index is 605. The molecule has 0 saturated heterocycles. The van der Waals surface area contributed by atoms with E-state index in [1.165, 1.54) is 48.9 Å². The van der Waals surface area contributed by atoms with Crippen LogP contribution < -0.4 is 10.4 Å². The third kappa shape index (κ3) is 7.73. The molecule has 0 N–H and O–H groups in total. The van der Waals surface area contributed by atoms with Crippen LogP contribution in [0.4, 0.5) is 0 Å². The summed E-state index contributed by atoms with van der Waals surface area (Å²) in [7, 11) is -2.70. The highest BCUT2D eigenvalue weighted by molar-refractivity contribution is 6.92. The molecule has 0 aromatic heterocycles. The fraction of sp³-hybridized carbons (Fsp3) is 0.538. The minimum absolute atomic E-state index is 0.673. The van der Waals surface area contributed by atoms with Crippen molar-refractivity contribution in [2.24, 2.45) is 5.92 Å². The van der Waals surface area contributed by atoms with Gasteiger partial charge in [0.05, 0.1) is 0 Å². The Morgan fingerprint density at radius 1 is 0.690 bits per heavy atom. The molecule has 0 bridgehead atoms. The topological polar surface area (TPSA) is 18.5 Å². The molecular weight excluding hydrogens is 372 g/mol. The zero-order valence-corrected chi connectivity index (χ0v) is 19.7. The Morgan fingerprint density at radius 2 is 1.21 bits per heavy atom. The van der Waals surface area contributed by atoms with Crippen molar-refractivity contribution in [2.45, 2.75) is 72.1 Å². The SMILES string of the molecule is CCCCCCCCO[Si](OCCC(C)CC)(c1ccccc1)c1ccccc1. The van der Waals surface area contributed by atoms with E-state index < -0.39 is 8.56 Å². The van der Waals surface area contributed by atoms with Crippen molar-refractivity contribution in [3.05, 3.63) is 60.7 Å². The third-order valence-electron chi connectivity index (χ3n) is 5.72. The molecule has 1 atom stereocenters. The lowest BCUT2D eigenvalue weighted by Gasteiger charge is -2.32. The molecule has 0 radical (unpaired) electrons. The van der Waals surface area contributed by atoms with Crippen molar-refractivity contribution in [1.29, 1.82) is 0 Å². The van der Waals surface area contributed by atoms with Gasteiger partial charge in [-0.25, -0.2) is 0 Å². The summed E-state index contributed by atoms with van der Waals surface area (Å²) in [5.74, 6) is 0.673. The van der Waals surface area contributed by atoms with Crippen LogP contribution in [0.2, 0.25) is 0 Å². The van der Waals surface area contributed by atoms with Crippen LogP contribution in [0.3, 0.4) is 0 Å². The van der Waals surface area contributed by atoms with Crippen LogP contribution >= 0.6 is 0 Å². The van der Waals surface area contributed by atoms with E-state index in [1.807, 2.05) is 0 Å². The number of hydrogen-bond acceptors (Lipinski definition) is 2. The van der Waals surface area contributed by atoms with Gasteiger partial charge in [0.2, 0.25) is 0 Å². The average molecular weight is 413 g/mol. The molecule has 0 aliphatic heterocycles. The standard InChI is InChI=1S/C26H40O2Si/c1-4-6-7-8-9-16-22-27-29(25-17-12-10-13-18-25,26-19-14-11-15-20-26)28-23-21-24(3)5-2/h10-15,17-20,24H,4-9,16,21-23H2,1-3H3. The molecule has 0 aliphatic carbocycles. The first-order chi connectivity index (χ1) is 14.2. The van der Waals surface area contributed by atoms with Crippen LogP contribution in [-0.2, 0) is 8.85 Å². The highest BCUT2D eigenvalue weighted by atomic mass is 28.4. The largest absolute Gasteiger partial charge is 0.407 e. The summed E-state index contributed by atoms with van der Waals surface area (Å²) < 4.78 is 13.5. The fourth-order valence-electron chi connectivity index (χ4n) is 3.56. The minimum Gasteiger partial charge on any atom is -0.388 e. The van der Waals surface area contributed by atoms with Crippen molar-refractivity contribution < 1.29 is 8.85 Å². The maximum Gasteiger partial charge on any atom is 0.407 e. The van der Waals surface area contributed by atoms with Gasteiger partial charge in [-0.3, -0.25) is 0 Å². The zero-order chi connectivity index (χ0) is 20.8. The van der Waals surface area contributed by atoms with E-state index in [4.69, 9.17) is 8.85 Å². The molecule has 29 heavy (non-hydrogen) atoms. The molecule has 160 valence electrons. The second kappa shape index (κ2) is 13.7. The summed E-state index contributed by atoms with van der Waals surface area (Å²) in [6.45, 7) is 8.33. The maximum atomic E-state index is 6.74. The summed E-state index contributed by atoms with van der Waals surface area (Å²) in [5, 5.41) is 2.42. The van der Waals surface area contributed by atoms with E-state index in [9.17, 15) is 0 Å². The Kier molecular flexibility index (Phi) is 11.3. The van der Waals surface area contributed by atoms with Crippen molar-refractivity contribution >= 4 is 18.9 Å². The molecule has 2 rings (SSSR count). The Hall–Kier alpha value is -1.42. The van der Waals surface area contributed by atoms with Gasteiger partial charge in [0, 0.05) is 13.2 Å². The predicted molar refractivity (Wildman–Crippen MR) is 127 cm³/mol. The van der Waals surface area contributed by atoms with Gasteiger partial charge in [0.1, 0.15) is 0 Å². The highest BCUT2D eigenvalue weighted by Gasteiger charge is 2.42. The number of rotatable bonds is 15. The smallest absolute Gasteiger partial charge is 0.388 e. The second-order valence-electron chi connectivity index (χ2n) is 8.12. The van der Waals surface area contributed by atoms with Crippen molar-refractivity contribution in [2.75, 3.05) is 13.2 Å². The molecule has 0 fully saturated rings. The van der Waals surface area contributed by atoms with Crippen LogP contribution in [0.5, 0.6) is 0 Å². The lowest BCUT2D eigenvalue weighted by Crippen LogP contribution is -2.63. The Balaban J connectivity index is 2.16. The monoisotopic (exact) mass is 412 g/mol. The molecule has 0 spiro atoms. The van der Waals surface area contributed by atoms with Crippen LogP contribution in [0.15, 0.2) is 60.7 Å². The molecule has 2 aromatic carbocycles. The van der Waals surface area contributed by atoms with Crippen LogP contribution in [0.25, 0.3) is 0 Å². The van der Waals surface area contributed by atoms with Crippen LogP contribution in [0.1, 0.15) is 72.1 Å². The van der Waals surface area contributed by atoms with Gasteiger partial charge in [-0.15, -0.1) is 0 Å².